The number of hydrogen-bond acceptors (Lipinski definition) is 5. The Bertz CT molecular complexity index is 1060. The lowest BCUT2D eigenvalue weighted by molar-refractivity contribution is 0.618. The Morgan fingerprint density at radius 3 is 2.50 bits per heavy atom. The van der Waals surface area contributed by atoms with Gasteiger partial charge in [0.2, 0.25) is 5.13 Å². The number of benzene rings is 2. The maximum atomic E-state index is 6.11. The molecule has 0 spiro atoms. The number of aryl methyl sites for hydroxylation is 2. The zero-order valence-corrected chi connectivity index (χ0v) is 14.2. The summed E-state index contributed by atoms with van der Waals surface area (Å²) in [5.41, 5.74) is 5.89. The van der Waals surface area contributed by atoms with Crippen LogP contribution < -0.4 is 5.36 Å². The highest BCUT2D eigenvalue weighted by atomic mass is 32.1. The molecule has 4 aromatic rings. The summed E-state index contributed by atoms with van der Waals surface area (Å²) in [7, 11) is 0. The fraction of sp³-hybridized carbons (Fsp3) is 0.105. The summed E-state index contributed by atoms with van der Waals surface area (Å²) in [6, 6.07) is 16.3. The first-order chi connectivity index (χ1) is 11.7. The van der Waals surface area contributed by atoms with Crippen molar-refractivity contribution in [1.29, 1.82) is 0 Å². The summed E-state index contributed by atoms with van der Waals surface area (Å²) in [4.78, 5) is 4.66. The Hall–Kier alpha value is -2.79. The Morgan fingerprint density at radius 2 is 1.75 bits per heavy atom. The fourth-order valence-corrected chi connectivity index (χ4v) is 2.99. The fourth-order valence-electron chi connectivity index (χ4n) is 2.55. The maximum absolute atomic E-state index is 6.11. The minimum absolute atomic E-state index is 0.638. The largest absolute Gasteiger partial charge is 0.456 e. The first-order valence-corrected chi connectivity index (χ1v) is 8.49. The molecule has 0 aliphatic rings. The number of nitrogens with zero attached hydrogens (tertiary/aromatic N) is 3. The normalized spacial score (nSPS) is 12.0. The van der Waals surface area contributed by atoms with Gasteiger partial charge in [-0.15, -0.1) is 10.2 Å². The van der Waals surface area contributed by atoms with E-state index in [1.54, 1.807) is 5.51 Å². The second-order valence-corrected chi connectivity index (χ2v) is 6.51. The highest BCUT2D eigenvalue weighted by Crippen LogP contribution is 2.24. The van der Waals surface area contributed by atoms with E-state index in [-0.39, 0.29) is 0 Å². The quantitative estimate of drug-likeness (QED) is 0.529. The van der Waals surface area contributed by atoms with Crippen molar-refractivity contribution in [2.45, 2.75) is 13.8 Å². The summed E-state index contributed by atoms with van der Waals surface area (Å²) in [6.45, 7) is 4.13. The van der Waals surface area contributed by atoms with Crippen LogP contribution in [0.4, 0.5) is 5.13 Å². The number of aromatic nitrogens is 2. The Morgan fingerprint density at radius 1 is 0.958 bits per heavy atom. The molecule has 24 heavy (non-hydrogen) atoms. The number of rotatable bonds is 2. The molecule has 0 saturated heterocycles. The molecule has 2 heterocycles. The van der Waals surface area contributed by atoms with Gasteiger partial charge in [0.15, 0.2) is 0 Å². The molecular formula is C19H15N3OS. The first-order valence-electron chi connectivity index (χ1n) is 7.61. The lowest BCUT2D eigenvalue weighted by atomic mass is 10.1. The summed E-state index contributed by atoms with van der Waals surface area (Å²) < 4.78 is 6.11. The average Bonchev–Trinajstić information content (AvgIpc) is 3.09. The van der Waals surface area contributed by atoms with Gasteiger partial charge in [-0.05, 0) is 26.0 Å². The summed E-state index contributed by atoms with van der Waals surface area (Å²) in [6.07, 6.45) is 0. The lowest BCUT2D eigenvalue weighted by Crippen LogP contribution is -2.03. The van der Waals surface area contributed by atoms with Gasteiger partial charge in [0.05, 0.1) is 5.36 Å². The average molecular weight is 333 g/mol. The monoisotopic (exact) mass is 333 g/mol. The molecule has 0 unspecified atom stereocenters. The second-order valence-electron chi connectivity index (χ2n) is 5.69. The lowest BCUT2D eigenvalue weighted by Gasteiger charge is -2.06. The standard InChI is InChI=1S/C19H15N3OS/c1-12-3-6-14(7-4-12)18-10-16(21-19-22-20-11-24-19)15-9-13(2)5-8-17(15)23-18/h3-11H,1-2H3. The van der Waals surface area contributed by atoms with E-state index in [4.69, 9.17) is 4.42 Å². The molecule has 0 fully saturated rings. The third-order valence-corrected chi connectivity index (χ3v) is 4.38. The smallest absolute Gasteiger partial charge is 0.231 e. The molecule has 0 aliphatic carbocycles. The molecule has 4 rings (SSSR count). The predicted octanol–water partition coefficient (Wildman–Crippen LogP) is 4.80. The molecule has 0 aliphatic heterocycles. The summed E-state index contributed by atoms with van der Waals surface area (Å²) in [5.74, 6) is 0.787. The van der Waals surface area contributed by atoms with E-state index in [0.717, 1.165) is 33.2 Å². The molecule has 5 heteroatoms. The van der Waals surface area contributed by atoms with E-state index >= 15 is 0 Å². The van der Waals surface area contributed by atoms with Crippen LogP contribution in [0.25, 0.3) is 22.3 Å². The Balaban J connectivity index is 2.00. The van der Waals surface area contributed by atoms with Crippen molar-refractivity contribution in [3.63, 3.8) is 0 Å². The van der Waals surface area contributed by atoms with E-state index in [0.29, 0.717) is 5.13 Å². The van der Waals surface area contributed by atoms with E-state index in [9.17, 15) is 0 Å². The van der Waals surface area contributed by atoms with Gasteiger partial charge in [0, 0.05) is 17.0 Å². The van der Waals surface area contributed by atoms with Gasteiger partial charge >= 0.3 is 0 Å². The van der Waals surface area contributed by atoms with E-state index in [1.807, 2.05) is 18.2 Å². The van der Waals surface area contributed by atoms with Crippen LogP contribution in [0, 0.1) is 13.8 Å². The van der Waals surface area contributed by atoms with Crippen LogP contribution in [0.5, 0.6) is 0 Å². The molecule has 0 atom stereocenters. The molecule has 118 valence electrons. The van der Waals surface area contributed by atoms with Crippen molar-refractivity contribution < 1.29 is 4.42 Å². The van der Waals surface area contributed by atoms with Crippen LogP contribution in [-0.2, 0) is 0 Å². The summed E-state index contributed by atoms with van der Waals surface area (Å²) >= 11 is 1.41. The van der Waals surface area contributed by atoms with Crippen LogP contribution in [0.15, 0.2) is 63.5 Å². The highest BCUT2D eigenvalue weighted by Gasteiger charge is 2.07. The van der Waals surface area contributed by atoms with Gasteiger partial charge in [0.1, 0.15) is 16.9 Å². The van der Waals surface area contributed by atoms with Crippen LogP contribution >= 0.6 is 11.3 Å². The van der Waals surface area contributed by atoms with Gasteiger partial charge in [-0.3, -0.25) is 0 Å². The third kappa shape index (κ3) is 2.86. The van der Waals surface area contributed by atoms with Gasteiger partial charge in [-0.1, -0.05) is 52.8 Å². The van der Waals surface area contributed by atoms with Gasteiger partial charge in [-0.25, -0.2) is 4.99 Å². The van der Waals surface area contributed by atoms with Crippen molar-refractivity contribution in [2.75, 3.05) is 0 Å². The molecule has 4 nitrogen and oxygen atoms in total. The van der Waals surface area contributed by atoms with Crippen LogP contribution in [0.2, 0.25) is 0 Å². The topological polar surface area (TPSA) is 51.3 Å². The van der Waals surface area contributed by atoms with Crippen molar-refractivity contribution in [1.82, 2.24) is 10.2 Å². The minimum Gasteiger partial charge on any atom is -0.456 e. The molecule has 0 amide bonds. The van der Waals surface area contributed by atoms with Crippen LogP contribution in [0.3, 0.4) is 0 Å². The predicted molar refractivity (Wildman–Crippen MR) is 96.3 cm³/mol. The zero-order valence-electron chi connectivity index (χ0n) is 13.4. The first kappa shape index (κ1) is 14.8. The molecule has 2 aromatic carbocycles. The van der Waals surface area contributed by atoms with Crippen molar-refractivity contribution in [3.8, 4) is 11.3 Å². The number of hydrogen-bond donors (Lipinski definition) is 0. The highest BCUT2D eigenvalue weighted by molar-refractivity contribution is 7.13. The molecule has 0 radical (unpaired) electrons. The molecule has 0 N–H and O–H groups in total. The van der Waals surface area contributed by atoms with Crippen molar-refractivity contribution >= 4 is 27.4 Å². The van der Waals surface area contributed by atoms with E-state index in [1.165, 1.54) is 16.9 Å². The molecule has 0 bridgehead atoms. The van der Waals surface area contributed by atoms with Crippen LogP contribution in [0.1, 0.15) is 11.1 Å². The van der Waals surface area contributed by atoms with E-state index in [2.05, 4.69) is 59.4 Å². The molecule has 0 saturated carbocycles. The third-order valence-electron chi connectivity index (χ3n) is 3.80. The maximum Gasteiger partial charge on any atom is 0.231 e. The SMILES string of the molecule is Cc1ccc(-c2cc(=Nc3nncs3)c3cc(C)ccc3o2)cc1. The Labute approximate surface area is 143 Å². The molecular weight excluding hydrogens is 318 g/mol. The Kier molecular flexibility index (Phi) is 3.70. The van der Waals surface area contributed by atoms with Crippen LogP contribution in [-0.4, -0.2) is 10.2 Å². The minimum atomic E-state index is 0.638. The van der Waals surface area contributed by atoms with Gasteiger partial charge in [-0.2, -0.15) is 0 Å². The number of fused-ring (bicyclic) bond motifs is 1. The van der Waals surface area contributed by atoms with E-state index < -0.39 is 0 Å². The molecule has 2 aromatic heterocycles. The zero-order chi connectivity index (χ0) is 16.5. The van der Waals surface area contributed by atoms with Crippen molar-refractivity contribution in [3.05, 3.63) is 70.5 Å². The van der Waals surface area contributed by atoms with Gasteiger partial charge in [0.25, 0.3) is 0 Å². The van der Waals surface area contributed by atoms with Gasteiger partial charge < -0.3 is 4.42 Å². The summed E-state index contributed by atoms with van der Waals surface area (Å²) in [5, 5.41) is 10.3. The second kappa shape index (κ2) is 6.02. The van der Waals surface area contributed by atoms with Crippen molar-refractivity contribution in [2.24, 2.45) is 4.99 Å².